The maximum Gasteiger partial charge on any atom is 0.469 e. The van der Waals surface area contributed by atoms with Crippen molar-refractivity contribution in [3.63, 3.8) is 0 Å². The molecular formula is C12H25O7P. The van der Waals surface area contributed by atoms with Gasteiger partial charge in [0, 0.05) is 6.42 Å². The Labute approximate surface area is 119 Å². The van der Waals surface area contributed by atoms with E-state index in [-0.39, 0.29) is 13.0 Å². The van der Waals surface area contributed by atoms with Crippen molar-refractivity contribution in [2.24, 2.45) is 5.92 Å². The lowest BCUT2D eigenvalue weighted by atomic mass is 10.0. The smallest absolute Gasteiger partial charge is 0.463 e. The quantitative estimate of drug-likeness (QED) is 0.302. The van der Waals surface area contributed by atoms with Crippen molar-refractivity contribution in [2.75, 3.05) is 13.2 Å². The number of aliphatic hydroxyl groups is 1. The number of ether oxygens (including phenoxy) is 1. The Morgan fingerprint density at radius 2 is 1.80 bits per heavy atom. The Morgan fingerprint density at radius 1 is 1.15 bits per heavy atom. The average Bonchev–Trinajstić information content (AvgIpc) is 2.32. The number of esters is 1. The number of hydrogen-bond donors (Lipinski definition) is 3. The Kier molecular flexibility index (Phi) is 10.1. The molecule has 0 aliphatic carbocycles. The molecule has 0 heterocycles. The summed E-state index contributed by atoms with van der Waals surface area (Å²) in [5, 5.41) is 9.29. The van der Waals surface area contributed by atoms with Crippen LogP contribution in [0.15, 0.2) is 0 Å². The summed E-state index contributed by atoms with van der Waals surface area (Å²) >= 11 is 0. The number of phosphoric acid groups is 1. The van der Waals surface area contributed by atoms with Gasteiger partial charge in [0.05, 0.1) is 6.61 Å². The van der Waals surface area contributed by atoms with Gasteiger partial charge in [-0.2, -0.15) is 0 Å². The number of phosphoric ester groups is 1. The Bertz CT molecular complexity index is 313. The highest BCUT2D eigenvalue weighted by atomic mass is 31.2. The van der Waals surface area contributed by atoms with Crippen LogP contribution >= 0.6 is 7.82 Å². The Morgan fingerprint density at radius 3 is 2.35 bits per heavy atom. The summed E-state index contributed by atoms with van der Waals surface area (Å²) in [7, 11) is -4.60. The van der Waals surface area contributed by atoms with Crippen LogP contribution in [0.1, 0.15) is 46.0 Å². The monoisotopic (exact) mass is 312 g/mol. The zero-order chi connectivity index (χ0) is 15.6. The summed E-state index contributed by atoms with van der Waals surface area (Å²) in [6, 6.07) is 0. The molecule has 1 unspecified atom stereocenters. The first-order chi connectivity index (χ1) is 9.20. The predicted molar refractivity (Wildman–Crippen MR) is 72.9 cm³/mol. The third kappa shape index (κ3) is 14.0. The third-order valence-electron chi connectivity index (χ3n) is 2.53. The molecule has 0 radical (unpaired) electrons. The van der Waals surface area contributed by atoms with Crippen molar-refractivity contribution < 1.29 is 33.5 Å². The van der Waals surface area contributed by atoms with E-state index in [2.05, 4.69) is 18.4 Å². The molecule has 0 fully saturated rings. The van der Waals surface area contributed by atoms with E-state index in [0.29, 0.717) is 5.92 Å². The van der Waals surface area contributed by atoms with Crippen LogP contribution in [0.3, 0.4) is 0 Å². The molecular weight excluding hydrogens is 287 g/mol. The van der Waals surface area contributed by atoms with E-state index in [1.54, 1.807) is 0 Å². The van der Waals surface area contributed by atoms with Crippen molar-refractivity contribution in [3.05, 3.63) is 0 Å². The molecule has 120 valence electrons. The topological polar surface area (TPSA) is 113 Å². The van der Waals surface area contributed by atoms with E-state index in [1.807, 2.05) is 0 Å². The largest absolute Gasteiger partial charge is 0.469 e. The highest BCUT2D eigenvalue weighted by Gasteiger charge is 2.17. The molecule has 0 rings (SSSR count). The second-order valence-corrected chi connectivity index (χ2v) is 6.36. The summed E-state index contributed by atoms with van der Waals surface area (Å²) in [5.74, 6) is 0.232. The minimum absolute atomic E-state index is 0.282. The second kappa shape index (κ2) is 10.3. The lowest BCUT2D eigenvalue weighted by molar-refractivity contribution is -0.147. The molecule has 20 heavy (non-hydrogen) atoms. The second-order valence-electron chi connectivity index (χ2n) is 5.12. The van der Waals surface area contributed by atoms with Gasteiger partial charge in [-0.05, 0) is 12.3 Å². The van der Waals surface area contributed by atoms with Gasteiger partial charge in [-0.25, -0.2) is 4.57 Å². The molecule has 0 bridgehead atoms. The van der Waals surface area contributed by atoms with Crippen LogP contribution in [0.5, 0.6) is 0 Å². The van der Waals surface area contributed by atoms with Crippen molar-refractivity contribution in [3.8, 4) is 0 Å². The highest BCUT2D eigenvalue weighted by molar-refractivity contribution is 7.46. The Hall–Kier alpha value is -0.460. The van der Waals surface area contributed by atoms with Crippen LogP contribution in [0, 0.1) is 5.92 Å². The molecule has 0 aromatic rings. The molecule has 7 nitrogen and oxygen atoms in total. The zero-order valence-electron chi connectivity index (χ0n) is 12.0. The maximum absolute atomic E-state index is 11.3. The lowest BCUT2D eigenvalue weighted by Gasteiger charge is -2.12. The van der Waals surface area contributed by atoms with Gasteiger partial charge in [-0.1, -0.05) is 33.1 Å². The third-order valence-corrected chi connectivity index (χ3v) is 3.02. The van der Waals surface area contributed by atoms with Gasteiger partial charge in [0.25, 0.3) is 0 Å². The predicted octanol–water partition coefficient (Wildman–Crippen LogP) is 1.61. The van der Waals surface area contributed by atoms with Gasteiger partial charge in [-0.15, -0.1) is 0 Å². The fourth-order valence-corrected chi connectivity index (χ4v) is 1.86. The first-order valence-corrected chi connectivity index (χ1v) is 8.27. The van der Waals surface area contributed by atoms with Gasteiger partial charge < -0.3 is 19.6 Å². The van der Waals surface area contributed by atoms with Crippen LogP contribution in [-0.2, 0) is 18.6 Å². The molecule has 0 spiro atoms. The zero-order valence-corrected chi connectivity index (χ0v) is 12.9. The van der Waals surface area contributed by atoms with Crippen molar-refractivity contribution in [2.45, 2.75) is 52.1 Å². The number of unbranched alkanes of at least 4 members (excludes halogenated alkanes) is 2. The normalized spacial score (nSPS) is 13.5. The van der Waals surface area contributed by atoms with Gasteiger partial charge in [-0.3, -0.25) is 9.32 Å². The molecule has 0 aliphatic heterocycles. The van der Waals surface area contributed by atoms with Crippen molar-refractivity contribution in [1.29, 1.82) is 0 Å². The van der Waals surface area contributed by atoms with Crippen LogP contribution in [0.4, 0.5) is 0 Å². The van der Waals surface area contributed by atoms with Crippen molar-refractivity contribution >= 4 is 13.8 Å². The molecule has 0 aliphatic rings. The summed E-state index contributed by atoms with van der Waals surface area (Å²) < 4.78 is 19.2. The molecule has 0 aromatic heterocycles. The van der Waals surface area contributed by atoms with Crippen LogP contribution in [0.2, 0.25) is 0 Å². The fourth-order valence-electron chi connectivity index (χ4n) is 1.49. The van der Waals surface area contributed by atoms with Crippen molar-refractivity contribution in [1.82, 2.24) is 0 Å². The minimum Gasteiger partial charge on any atom is -0.463 e. The molecule has 0 saturated heterocycles. The van der Waals surface area contributed by atoms with Gasteiger partial charge in [0.2, 0.25) is 0 Å². The van der Waals surface area contributed by atoms with E-state index < -0.39 is 26.5 Å². The maximum atomic E-state index is 11.3. The van der Waals surface area contributed by atoms with Gasteiger partial charge in [0.1, 0.15) is 12.7 Å². The molecule has 0 aromatic carbocycles. The number of hydrogen-bond acceptors (Lipinski definition) is 5. The molecule has 0 saturated carbocycles. The molecule has 3 N–H and O–H groups in total. The van der Waals surface area contributed by atoms with Crippen LogP contribution in [0.25, 0.3) is 0 Å². The first-order valence-electron chi connectivity index (χ1n) is 6.74. The lowest BCUT2D eigenvalue weighted by Crippen LogP contribution is -2.23. The summed E-state index contributed by atoms with van der Waals surface area (Å²) in [5.41, 5.74) is 0. The van der Waals surface area contributed by atoms with E-state index in [4.69, 9.17) is 14.5 Å². The van der Waals surface area contributed by atoms with Crippen LogP contribution < -0.4 is 0 Å². The Balaban J connectivity index is 3.55. The average molecular weight is 312 g/mol. The van der Waals surface area contributed by atoms with E-state index >= 15 is 0 Å². The highest BCUT2D eigenvalue weighted by Crippen LogP contribution is 2.35. The first kappa shape index (κ1) is 19.5. The minimum atomic E-state index is -4.60. The standard InChI is InChI=1S/C12H25O7P/c1-10(2)6-4-3-5-7-12(14)18-8-11(13)9-19-20(15,16)17/h10-11,13H,3-9H2,1-2H3,(H2,15,16,17). The summed E-state index contributed by atoms with van der Waals surface area (Å²) in [6.45, 7) is 3.39. The summed E-state index contributed by atoms with van der Waals surface area (Å²) in [6.07, 6.45) is 2.94. The van der Waals surface area contributed by atoms with Crippen LogP contribution in [-0.4, -0.2) is 40.2 Å². The van der Waals surface area contributed by atoms with Gasteiger partial charge in [0.15, 0.2) is 0 Å². The van der Waals surface area contributed by atoms with E-state index in [0.717, 1.165) is 25.7 Å². The van der Waals surface area contributed by atoms with E-state index in [9.17, 15) is 14.5 Å². The molecule has 1 atom stereocenters. The number of rotatable bonds is 11. The molecule has 8 heteroatoms. The number of carbonyl (C=O) groups is 1. The molecule has 0 amide bonds. The van der Waals surface area contributed by atoms with Gasteiger partial charge >= 0.3 is 13.8 Å². The number of carbonyl (C=O) groups excluding carboxylic acids is 1. The SMILES string of the molecule is CC(C)CCCCCC(=O)OCC(O)COP(=O)(O)O. The number of aliphatic hydroxyl groups excluding tert-OH is 1. The van der Waals surface area contributed by atoms with E-state index in [1.165, 1.54) is 0 Å². The fraction of sp³-hybridized carbons (Fsp3) is 0.917. The summed E-state index contributed by atoms with van der Waals surface area (Å²) in [4.78, 5) is 28.2.